The minimum atomic E-state index is -1.60. The van der Waals surface area contributed by atoms with Gasteiger partial charge in [-0.1, -0.05) is 6.58 Å². The van der Waals surface area contributed by atoms with E-state index in [1.54, 1.807) is 0 Å². The molecule has 0 fully saturated rings. The summed E-state index contributed by atoms with van der Waals surface area (Å²) >= 11 is 1.53. The van der Waals surface area contributed by atoms with Gasteiger partial charge < -0.3 is 9.92 Å². The van der Waals surface area contributed by atoms with Crippen molar-refractivity contribution in [3.8, 4) is 0 Å². The zero-order chi connectivity index (χ0) is 15.1. The Bertz CT molecular complexity index is 459. The highest BCUT2D eigenvalue weighted by Gasteiger charge is 2.24. The van der Waals surface area contributed by atoms with Crippen LogP contribution in [-0.2, 0) is 4.18 Å². The van der Waals surface area contributed by atoms with E-state index in [1.807, 2.05) is 0 Å². The second-order valence-corrected chi connectivity index (χ2v) is 5.10. The van der Waals surface area contributed by atoms with Crippen LogP contribution < -0.4 is 10.5 Å². The van der Waals surface area contributed by atoms with Crippen molar-refractivity contribution in [3.63, 3.8) is 0 Å². The quantitative estimate of drug-likeness (QED) is 0.191. The molecule has 0 saturated heterocycles. The minimum Gasteiger partial charge on any atom is -0.394 e. The lowest BCUT2D eigenvalue weighted by atomic mass is 10.2. The molecule has 3 N–H and O–H groups in total. The van der Waals surface area contributed by atoms with Crippen LogP contribution in [0.1, 0.15) is 6.42 Å². The van der Waals surface area contributed by atoms with Crippen molar-refractivity contribution in [1.29, 1.82) is 0 Å². The number of halogens is 4. The highest BCUT2D eigenvalue weighted by Crippen LogP contribution is 2.31. The fourth-order valence-corrected chi connectivity index (χ4v) is 2.20. The summed E-state index contributed by atoms with van der Waals surface area (Å²) in [7, 11) is 0. The Labute approximate surface area is 122 Å². The third-order valence-electron chi connectivity index (χ3n) is 2.07. The van der Waals surface area contributed by atoms with Crippen LogP contribution in [0.2, 0.25) is 0 Å². The van der Waals surface area contributed by atoms with Gasteiger partial charge in [-0.15, -0.1) is 0 Å². The Balaban J connectivity index is 2.54. The molecule has 0 aliphatic carbocycles. The smallest absolute Gasteiger partial charge is 0.186 e. The maximum absolute atomic E-state index is 13.4. The molecular weight excluding hydrogens is 316 g/mol. The number of benzene rings is 1. The highest BCUT2D eigenvalue weighted by molar-refractivity contribution is 7.97. The first-order chi connectivity index (χ1) is 9.50. The molecule has 0 bridgehead atoms. The number of nitrogens with one attached hydrogen (secondary N) is 1. The lowest BCUT2D eigenvalue weighted by Gasteiger charge is -2.09. The molecule has 0 atom stereocenters. The molecule has 0 saturated carbocycles. The molecule has 0 spiro atoms. The van der Waals surface area contributed by atoms with E-state index >= 15 is 0 Å². The van der Waals surface area contributed by atoms with Crippen molar-refractivity contribution < 1.29 is 21.7 Å². The van der Waals surface area contributed by atoms with Gasteiger partial charge >= 0.3 is 0 Å². The van der Waals surface area contributed by atoms with Crippen molar-refractivity contribution >= 4 is 29.7 Å². The Kier molecular flexibility index (Phi) is 7.20. The zero-order valence-electron chi connectivity index (χ0n) is 10.2. The van der Waals surface area contributed by atoms with Crippen molar-refractivity contribution in [3.05, 3.63) is 35.3 Å². The van der Waals surface area contributed by atoms with Crippen molar-refractivity contribution in [2.45, 2.75) is 11.3 Å². The number of nitrogens with two attached hydrogens (primary N) is 1. The van der Waals surface area contributed by atoms with Gasteiger partial charge in [0.05, 0.1) is 6.61 Å². The molecule has 0 aliphatic heterocycles. The van der Waals surface area contributed by atoms with Gasteiger partial charge in [0.1, 0.15) is 10.6 Å². The zero-order valence-corrected chi connectivity index (χ0v) is 11.9. The number of hydrogen-bond donors (Lipinski definition) is 2. The topological polar surface area (TPSA) is 47.3 Å². The second-order valence-electron chi connectivity index (χ2n) is 3.43. The van der Waals surface area contributed by atoms with E-state index in [4.69, 9.17) is 9.92 Å². The monoisotopic (exact) mass is 328 g/mol. The Morgan fingerprint density at radius 1 is 1.15 bits per heavy atom. The van der Waals surface area contributed by atoms with Gasteiger partial charge in [0.25, 0.3) is 0 Å². The van der Waals surface area contributed by atoms with Crippen LogP contribution in [0.15, 0.2) is 16.9 Å². The minimum absolute atomic E-state index is 0.328. The van der Waals surface area contributed by atoms with Gasteiger partial charge in [0.2, 0.25) is 0 Å². The summed E-state index contributed by atoms with van der Waals surface area (Å²) in [6.45, 7) is 4.15. The van der Waals surface area contributed by atoms with Crippen LogP contribution in [0.25, 0.3) is 0 Å². The number of rotatable bonds is 8. The summed E-state index contributed by atoms with van der Waals surface area (Å²) in [6.07, 6.45) is 0.539. The fourth-order valence-electron chi connectivity index (χ4n) is 1.14. The van der Waals surface area contributed by atoms with Gasteiger partial charge in [-0.25, -0.2) is 17.6 Å². The van der Waals surface area contributed by atoms with Crippen LogP contribution in [0.3, 0.4) is 0 Å². The average molecular weight is 328 g/mol. The van der Waals surface area contributed by atoms with Gasteiger partial charge in [0, 0.05) is 18.6 Å². The van der Waals surface area contributed by atoms with E-state index < -0.39 is 33.9 Å². The summed E-state index contributed by atoms with van der Waals surface area (Å²) < 4.78 is 60.8. The maximum Gasteiger partial charge on any atom is 0.186 e. The summed E-state index contributed by atoms with van der Waals surface area (Å²) in [6, 6.07) is 0. The Hall–Kier alpha value is -0.900. The summed E-state index contributed by atoms with van der Waals surface area (Å²) in [5, 5.41) is 1.51. The molecule has 0 amide bonds. The molecule has 1 aromatic rings. The first-order valence-corrected chi connectivity index (χ1v) is 7.03. The third-order valence-corrected chi connectivity index (χ3v) is 3.42. The second kappa shape index (κ2) is 8.40. The Morgan fingerprint density at radius 2 is 1.75 bits per heavy atom. The molecule has 0 aliphatic rings. The van der Waals surface area contributed by atoms with Crippen LogP contribution in [-0.4, -0.2) is 13.2 Å². The van der Waals surface area contributed by atoms with E-state index in [0.717, 1.165) is 12.0 Å². The van der Waals surface area contributed by atoms with E-state index in [2.05, 4.69) is 11.3 Å². The molecule has 0 unspecified atom stereocenters. The van der Waals surface area contributed by atoms with Crippen LogP contribution >= 0.6 is 24.0 Å². The average Bonchev–Trinajstić information content (AvgIpc) is 2.45. The lowest BCUT2D eigenvalue weighted by Crippen LogP contribution is -2.11. The van der Waals surface area contributed by atoms with E-state index in [9.17, 15) is 17.6 Å². The summed E-state index contributed by atoms with van der Waals surface area (Å²) in [4.78, 5) is -0.796. The predicted molar refractivity (Wildman–Crippen MR) is 72.9 cm³/mol. The largest absolute Gasteiger partial charge is 0.394 e. The van der Waals surface area contributed by atoms with E-state index in [0.29, 0.717) is 31.5 Å². The van der Waals surface area contributed by atoms with E-state index in [-0.39, 0.29) is 0 Å². The fraction of sp³-hybridized carbons (Fsp3) is 0.273. The van der Waals surface area contributed by atoms with Gasteiger partial charge in [-0.3, -0.25) is 4.72 Å². The molecule has 112 valence electrons. The lowest BCUT2D eigenvalue weighted by molar-refractivity contribution is 0.369. The molecule has 1 aromatic carbocycles. The highest BCUT2D eigenvalue weighted by atomic mass is 32.2. The maximum atomic E-state index is 13.4. The number of nitrogen functional groups attached to an aromatic ring is 1. The summed E-state index contributed by atoms with van der Waals surface area (Å²) in [5.41, 5.74) is 3.72. The Morgan fingerprint density at radius 3 is 2.30 bits per heavy atom. The summed E-state index contributed by atoms with van der Waals surface area (Å²) in [5.74, 6) is -6.23. The molecule has 0 heterocycles. The van der Waals surface area contributed by atoms with Crippen molar-refractivity contribution in [2.75, 3.05) is 18.9 Å². The van der Waals surface area contributed by atoms with Crippen molar-refractivity contribution in [1.82, 2.24) is 4.72 Å². The normalized spacial score (nSPS) is 10.8. The molecule has 0 aromatic heterocycles. The molecule has 9 heteroatoms. The predicted octanol–water partition coefficient (Wildman–Crippen LogP) is 3.62. The van der Waals surface area contributed by atoms with E-state index in [1.165, 1.54) is 5.41 Å². The molecule has 1 rings (SSSR count). The van der Waals surface area contributed by atoms with Gasteiger partial charge in [-0.2, -0.15) is 0 Å². The van der Waals surface area contributed by atoms with Crippen LogP contribution in [0.5, 0.6) is 0 Å². The third kappa shape index (κ3) is 4.30. The standard InChI is InChI=1S/C11H12F4N2OS2/c1-2-19-18-5-3-4-17-20-11-8(14)6(12)10(16)7(13)9(11)15/h2,17H,1,3-5,16H2. The SMILES string of the molecule is C=CSOCCCNSc1c(F)c(F)c(N)c(F)c1F. The number of hydrogen-bond acceptors (Lipinski definition) is 5. The first-order valence-electron chi connectivity index (χ1n) is 5.41. The van der Waals surface area contributed by atoms with Crippen LogP contribution in [0, 0.1) is 23.3 Å². The van der Waals surface area contributed by atoms with Gasteiger partial charge in [0.15, 0.2) is 23.3 Å². The molecule has 20 heavy (non-hydrogen) atoms. The molecule has 0 radical (unpaired) electrons. The first kappa shape index (κ1) is 17.2. The molecular formula is C11H12F4N2OS2. The van der Waals surface area contributed by atoms with Crippen LogP contribution in [0.4, 0.5) is 23.2 Å². The van der Waals surface area contributed by atoms with Crippen molar-refractivity contribution in [2.24, 2.45) is 0 Å². The number of anilines is 1. The molecule has 3 nitrogen and oxygen atoms in total. The van der Waals surface area contributed by atoms with Gasteiger partial charge in [-0.05, 0) is 23.8 Å².